The van der Waals surface area contributed by atoms with Gasteiger partial charge < -0.3 is 24.8 Å². The minimum Gasteiger partial charge on any atom is -0.508 e. The SMILES string of the molecule is COc1cc(CC(=O)O)ccc1OC(=O)Cc1cc(O)ccc1O. The third-order valence-corrected chi connectivity index (χ3v) is 3.21. The quantitative estimate of drug-likeness (QED) is 0.420. The van der Waals surface area contributed by atoms with Crippen molar-refractivity contribution >= 4 is 11.9 Å². The number of aromatic hydroxyl groups is 2. The van der Waals surface area contributed by atoms with Crippen LogP contribution in [0.3, 0.4) is 0 Å². The van der Waals surface area contributed by atoms with Gasteiger partial charge in [0.25, 0.3) is 0 Å². The van der Waals surface area contributed by atoms with E-state index in [0.29, 0.717) is 5.56 Å². The van der Waals surface area contributed by atoms with E-state index >= 15 is 0 Å². The van der Waals surface area contributed by atoms with E-state index in [1.807, 2.05) is 0 Å². The van der Waals surface area contributed by atoms with Crippen molar-refractivity contribution in [3.63, 3.8) is 0 Å². The van der Waals surface area contributed by atoms with Crippen LogP contribution in [-0.2, 0) is 22.4 Å². The summed E-state index contributed by atoms with van der Waals surface area (Å²) < 4.78 is 10.3. The highest BCUT2D eigenvalue weighted by atomic mass is 16.6. The zero-order valence-electron chi connectivity index (χ0n) is 12.9. The van der Waals surface area contributed by atoms with Crippen molar-refractivity contribution in [3.8, 4) is 23.0 Å². The van der Waals surface area contributed by atoms with Gasteiger partial charge in [-0.3, -0.25) is 9.59 Å². The second kappa shape index (κ2) is 7.36. The number of carboxylic acid groups (broad SMARTS) is 1. The van der Waals surface area contributed by atoms with E-state index in [9.17, 15) is 19.8 Å². The van der Waals surface area contributed by atoms with Gasteiger partial charge in [-0.2, -0.15) is 0 Å². The lowest BCUT2D eigenvalue weighted by Crippen LogP contribution is -2.12. The van der Waals surface area contributed by atoms with Gasteiger partial charge in [0.2, 0.25) is 0 Å². The number of aliphatic carboxylic acids is 1. The number of carbonyl (C=O) groups is 2. The summed E-state index contributed by atoms with van der Waals surface area (Å²) in [5.74, 6) is -1.50. The Hall–Kier alpha value is -3.22. The topological polar surface area (TPSA) is 113 Å². The average Bonchev–Trinajstić information content (AvgIpc) is 2.51. The number of ether oxygens (including phenoxy) is 2. The largest absolute Gasteiger partial charge is 0.508 e. The first kappa shape index (κ1) is 17.1. The molecule has 0 atom stereocenters. The van der Waals surface area contributed by atoms with Crippen LogP contribution < -0.4 is 9.47 Å². The van der Waals surface area contributed by atoms with Crippen molar-refractivity contribution in [2.75, 3.05) is 7.11 Å². The van der Waals surface area contributed by atoms with Crippen LogP contribution >= 0.6 is 0 Å². The number of carbonyl (C=O) groups excluding carboxylic acids is 1. The van der Waals surface area contributed by atoms with Crippen LogP contribution in [0.4, 0.5) is 0 Å². The third kappa shape index (κ3) is 4.39. The summed E-state index contributed by atoms with van der Waals surface area (Å²) >= 11 is 0. The molecule has 126 valence electrons. The van der Waals surface area contributed by atoms with E-state index in [1.54, 1.807) is 0 Å². The molecule has 0 spiro atoms. The van der Waals surface area contributed by atoms with Crippen LogP contribution in [-0.4, -0.2) is 34.4 Å². The number of hydrogen-bond acceptors (Lipinski definition) is 6. The normalized spacial score (nSPS) is 10.2. The van der Waals surface area contributed by atoms with Gasteiger partial charge in [0.1, 0.15) is 11.5 Å². The molecule has 0 unspecified atom stereocenters. The zero-order valence-corrected chi connectivity index (χ0v) is 12.9. The van der Waals surface area contributed by atoms with Gasteiger partial charge in [-0.25, -0.2) is 0 Å². The Morgan fingerprint density at radius 3 is 2.42 bits per heavy atom. The fourth-order valence-corrected chi connectivity index (χ4v) is 2.11. The van der Waals surface area contributed by atoms with Crippen molar-refractivity contribution in [2.24, 2.45) is 0 Å². The predicted molar refractivity (Wildman–Crippen MR) is 83.4 cm³/mol. The van der Waals surface area contributed by atoms with Gasteiger partial charge in [-0.05, 0) is 35.9 Å². The van der Waals surface area contributed by atoms with Crippen molar-refractivity contribution in [1.29, 1.82) is 0 Å². The van der Waals surface area contributed by atoms with Crippen LogP contribution in [0.2, 0.25) is 0 Å². The molecule has 2 aromatic carbocycles. The Morgan fingerprint density at radius 1 is 1.00 bits per heavy atom. The van der Waals surface area contributed by atoms with Crippen LogP contribution in [0.5, 0.6) is 23.0 Å². The highest BCUT2D eigenvalue weighted by Gasteiger charge is 2.14. The molecule has 0 aliphatic rings. The van der Waals surface area contributed by atoms with E-state index in [2.05, 4.69) is 0 Å². The van der Waals surface area contributed by atoms with Gasteiger partial charge >= 0.3 is 11.9 Å². The Labute approximate surface area is 137 Å². The second-order valence-electron chi connectivity index (χ2n) is 5.02. The molecule has 3 N–H and O–H groups in total. The zero-order chi connectivity index (χ0) is 17.7. The van der Waals surface area contributed by atoms with Gasteiger partial charge in [0.05, 0.1) is 20.0 Å². The van der Waals surface area contributed by atoms with E-state index in [-0.39, 0.29) is 41.4 Å². The van der Waals surface area contributed by atoms with E-state index in [4.69, 9.17) is 14.6 Å². The van der Waals surface area contributed by atoms with Gasteiger partial charge in [-0.15, -0.1) is 0 Å². The molecule has 0 aliphatic carbocycles. The number of phenolic OH excluding ortho intramolecular Hbond substituents is 2. The molecule has 0 saturated carbocycles. The monoisotopic (exact) mass is 332 g/mol. The van der Waals surface area contributed by atoms with Crippen LogP contribution in [0.15, 0.2) is 36.4 Å². The Bertz CT molecular complexity index is 768. The predicted octanol–water partition coefficient (Wildman–Crippen LogP) is 1.88. The number of esters is 1. The summed E-state index contributed by atoms with van der Waals surface area (Å²) in [7, 11) is 1.37. The standard InChI is InChI=1S/C17H16O7/c1-23-15-6-10(7-16(20)21)2-5-14(15)24-17(22)9-11-8-12(18)3-4-13(11)19/h2-6,8,18-19H,7,9H2,1H3,(H,20,21). The summed E-state index contributed by atoms with van der Waals surface area (Å²) in [4.78, 5) is 22.7. The number of methoxy groups -OCH3 is 1. The van der Waals surface area contributed by atoms with E-state index in [0.717, 1.165) is 0 Å². The maximum absolute atomic E-state index is 12.0. The average molecular weight is 332 g/mol. The summed E-state index contributed by atoms with van der Waals surface area (Å²) in [6.07, 6.45) is -0.429. The maximum atomic E-state index is 12.0. The summed E-state index contributed by atoms with van der Waals surface area (Å²) in [6, 6.07) is 8.28. The van der Waals surface area contributed by atoms with Crippen molar-refractivity contribution in [3.05, 3.63) is 47.5 Å². The summed E-state index contributed by atoms with van der Waals surface area (Å²) in [6.45, 7) is 0. The van der Waals surface area contributed by atoms with Crippen LogP contribution in [0, 0.1) is 0 Å². The highest BCUT2D eigenvalue weighted by molar-refractivity contribution is 5.77. The Kier molecular flexibility index (Phi) is 5.26. The van der Waals surface area contributed by atoms with Gasteiger partial charge in [-0.1, -0.05) is 6.07 Å². The maximum Gasteiger partial charge on any atom is 0.315 e. The van der Waals surface area contributed by atoms with Crippen molar-refractivity contribution < 1.29 is 34.4 Å². The second-order valence-corrected chi connectivity index (χ2v) is 5.02. The fourth-order valence-electron chi connectivity index (χ4n) is 2.11. The molecule has 0 heterocycles. The molecule has 0 amide bonds. The molecule has 0 saturated heterocycles. The highest BCUT2D eigenvalue weighted by Crippen LogP contribution is 2.29. The van der Waals surface area contributed by atoms with Crippen LogP contribution in [0.25, 0.3) is 0 Å². The molecular weight excluding hydrogens is 316 g/mol. The lowest BCUT2D eigenvalue weighted by atomic mass is 10.1. The van der Waals surface area contributed by atoms with E-state index < -0.39 is 11.9 Å². The molecule has 2 rings (SSSR count). The molecule has 2 aromatic rings. The summed E-state index contributed by atoms with van der Waals surface area (Å²) in [5.41, 5.74) is 0.728. The molecule has 0 bridgehead atoms. The minimum absolute atomic E-state index is 0.0776. The number of carboxylic acids is 1. The molecular formula is C17H16O7. The lowest BCUT2D eigenvalue weighted by Gasteiger charge is -2.11. The number of rotatable bonds is 6. The fraction of sp³-hybridized carbons (Fsp3) is 0.176. The Balaban J connectivity index is 2.13. The van der Waals surface area contributed by atoms with Gasteiger partial charge in [0, 0.05) is 5.56 Å². The number of benzene rings is 2. The number of hydrogen-bond donors (Lipinski definition) is 3. The van der Waals surface area contributed by atoms with Crippen molar-refractivity contribution in [2.45, 2.75) is 12.8 Å². The third-order valence-electron chi connectivity index (χ3n) is 3.21. The minimum atomic E-state index is -0.985. The van der Waals surface area contributed by atoms with E-state index in [1.165, 1.54) is 43.5 Å². The first-order chi connectivity index (χ1) is 11.4. The smallest absolute Gasteiger partial charge is 0.315 e. The Morgan fingerprint density at radius 2 is 1.75 bits per heavy atom. The molecule has 7 nitrogen and oxygen atoms in total. The first-order valence-corrected chi connectivity index (χ1v) is 6.99. The molecule has 0 aliphatic heterocycles. The molecule has 0 radical (unpaired) electrons. The van der Waals surface area contributed by atoms with Crippen molar-refractivity contribution in [1.82, 2.24) is 0 Å². The molecule has 0 fully saturated rings. The van der Waals surface area contributed by atoms with Gasteiger partial charge in [0.15, 0.2) is 11.5 Å². The molecule has 0 aromatic heterocycles. The number of phenols is 2. The molecule has 7 heteroatoms. The van der Waals surface area contributed by atoms with Crippen LogP contribution in [0.1, 0.15) is 11.1 Å². The lowest BCUT2D eigenvalue weighted by molar-refractivity contribution is -0.136. The first-order valence-electron chi connectivity index (χ1n) is 6.99. The summed E-state index contributed by atoms with van der Waals surface area (Å²) in [5, 5.41) is 27.9. The molecule has 24 heavy (non-hydrogen) atoms.